The number of Topliss-reactive ketones (excluding diaryl/α,β-unsaturated/α-hetero) is 1. The largest absolute Gasteiger partial charge is 0.497 e. The fraction of sp³-hybridized carbons (Fsp3) is 0.286. The van der Waals surface area contributed by atoms with Gasteiger partial charge in [-0.1, -0.05) is 80.4 Å². The number of cyclic esters (lactones) is 1. The van der Waals surface area contributed by atoms with Gasteiger partial charge in [-0.15, -0.1) is 0 Å². The molecule has 4 rings (SSSR count). The molecule has 0 N–H and O–H groups in total. The normalized spacial score (nSPS) is 14.1. The Morgan fingerprint density at radius 1 is 0.909 bits per heavy atom. The number of unbranched alkanes of at least 4 members (excludes halogenated alkanes) is 2. The molecule has 3 aromatic carbocycles. The van der Waals surface area contributed by atoms with Crippen LogP contribution in [0.25, 0.3) is 0 Å². The summed E-state index contributed by atoms with van der Waals surface area (Å²) >= 11 is 0. The molecule has 0 amide bonds. The summed E-state index contributed by atoms with van der Waals surface area (Å²) in [6, 6.07) is 22.1. The van der Waals surface area contributed by atoms with Gasteiger partial charge in [0.2, 0.25) is 0 Å². The number of hydrogen-bond acceptors (Lipinski definition) is 5. The summed E-state index contributed by atoms with van der Waals surface area (Å²) in [5, 5.41) is 0. The number of methoxy groups -OCH3 is 1. The standard InChI is InChI=1S/C28H28O5/c1-3-4-7-16-23(29)17-20-18-24(31-2)19-25-26(20)27(30)33-28(32-25,21-12-8-5-9-13-21)22-14-10-6-11-15-22/h5-6,8-15,18-19H,3-4,7,16-17H2,1-2H3. The van der Waals surface area contributed by atoms with Crippen molar-refractivity contribution < 1.29 is 23.8 Å². The quantitative estimate of drug-likeness (QED) is 0.307. The first-order valence-electron chi connectivity index (χ1n) is 11.3. The Morgan fingerprint density at radius 3 is 2.12 bits per heavy atom. The topological polar surface area (TPSA) is 61.8 Å². The number of rotatable bonds is 9. The van der Waals surface area contributed by atoms with E-state index in [1.54, 1.807) is 19.2 Å². The number of ketones is 1. The summed E-state index contributed by atoms with van der Waals surface area (Å²) in [5.41, 5.74) is 2.22. The molecule has 3 aromatic rings. The van der Waals surface area contributed by atoms with Crippen molar-refractivity contribution in [3.63, 3.8) is 0 Å². The Hall–Kier alpha value is -3.60. The van der Waals surface area contributed by atoms with Gasteiger partial charge in [0.1, 0.15) is 22.8 Å². The van der Waals surface area contributed by atoms with E-state index in [-0.39, 0.29) is 17.8 Å². The predicted octanol–water partition coefficient (Wildman–Crippen LogP) is 5.84. The average molecular weight is 445 g/mol. The minimum Gasteiger partial charge on any atom is -0.497 e. The van der Waals surface area contributed by atoms with Crippen LogP contribution in [0, 0.1) is 0 Å². The Labute approximate surface area is 194 Å². The molecule has 1 aliphatic rings. The SMILES string of the molecule is CCCCCC(=O)Cc1cc(OC)cc2c1C(=O)OC(c1ccccc1)(c1ccccc1)O2. The Balaban J connectivity index is 1.78. The van der Waals surface area contributed by atoms with Crippen molar-refractivity contribution in [3.8, 4) is 11.5 Å². The lowest BCUT2D eigenvalue weighted by atomic mass is 9.93. The molecule has 0 aromatic heterocycles. The van der Waals surface area contributed by atoms with Crippen LogP contribution in [0.5, 0.6) is 11.5 Å². The lowest BCUT2D eigenvalue weighted by molar-refractivity contribution is -0.131. The third-order valence-electron chi connectivity index (χ3n) is 5.84. The first-order chi connectivity index (χ1) is 16.1. The Morgan fingerprint density at radius 2 is 1.55 bits per heavy atom. The zero-order chi connectivity index (χ0) is 23.3. The number of benzene rings is 3. The lowest BCUT2D eigenvalue weighted by Gasteiger charge is -2.38. The van der Waals surface area contributed by atoms with Gasteiger partial charge in [-0.3, -0.25) is 4.79 Å². The van der Waals surface area contributed by atoms with E-state index >= 15 is 0 Å². The fourth-order valence-electron chi connectivity index (χ4n) is 4.16. The van der Waals surface area contributed by atoms with E-state index in [4.69, 9.17) is 14.2 Å². The highest BCUT2D eigenvalue weighted by atomic mass is 16.7. The van der Waals surface area contributed by atoms with Crippen molar-refractivity contribution in [1.29, 1.82) is 0 Å². The summed E-state index contributed by atoms with van der Waals surface area (Å²) < 4.78 is 18.0. The molecule has 0 atom stereocenters. The van der Waals surface area contributed by atoms with Gasteiger partial charge in [-0.05, 0) is 18.1 Å². The summed E-state index contributed by atoms with van der Waals surface area (Å²) in [6.45, 7) is 2.10. The minimum absolute atomic E-state index is 0.0784. The number of ether oxygens (including phenoxy) is 3. The Kier molecular flexibility index (Phi) is 6.78. The summed E-state index contributed by atoms with van der Waals surface area (Å²) in [5.74, 6) is -1.02. The lowest BCUT2D eigenvalue weighted by Crippen LogP contribution is -2.43. The molecule has 33 heavy (non-hydrogen) atoms. The maximum Gasteiger partial charge on any atom is 0.346 e. The van der Waals surface area contributed by atoms with E-state index in [0.717, 1.165) is 19.3 Å². The molecule has 1 aliphatic heterocycles. The number of fused-ring (bicyclic) bond motifs is 1. The van der Waals surface area contributed by atoms with Gasteiger partial charge in [0.25, 0.3) is 0 Å². The van der Waals surface area contributed by atoms with Crippen LogP contribution in [0.1, 0.15) is 59.7 Å². The van der Waals surface area contributed by atoms with Crippen LogP contribution in [-0.4, -0.2) is 18.9 Å². The summed E-state index contributed by atoms with van der Waals surface area (Å²) in [6.07, 6.45) is 3.50. The van der Waals surface area contributed by atoms with Crippen LogP contribution >= 0.6 is 0 Å². The number of carbonyl (C=O) groups excluding carboxylic acids is 2. The van der Waals surface area contributed by atoms with E-state index in [0.29, 0.717) is 34.6 Å². The molecule has 170 valence electrons. The van der Waals surface area contributed by atoms with Crippen molar-refractivity contribution in [3.05, 3.63) is 95.1 Å². The molecule has 0 spiro atoms. The molecule has 0 aliphatic carbocycles. The Bertz CT molecular complexity index is 1080. The smallest absolute Gasteiger partial charge is 0.346 e. The van der Waals surface area contributed by atoms with Crippen LogP contribution in [0.15, 0.2) is 72.8 Å². The second kappa shape index (κ2) is 9.90. The van der Waals surface area contributed by atoms with E-state index in [1.807, 2.05) is 60.7 Å². The molecular formula is C28H28O5. The van der Waals surface area contributed by atoms with Crippen molar-refractivity contribution in [2.24, 2.45) is 0 Å². The second-order valence-electron chi connectivity index (χ2n) is 8.17. The van der Waals surface area contributed by atoms with Crippen molar-refractivity contribution >= 4 is 11.8 Å². The van der Waals surface area contributed by atoms with Crippen molar-refractivity contribution in [2.45, 2.75) is 44.8 Å². The monoisotopic (exact) mass is 444 g/mol. The molecule has 0 saturated carbocycles. The zero-order valence-electron chi connectivity index (χ0n) is 19.0. The maximum absolute atomic E-state index is 13.5. The first kappa shape index (κ1) is 22.6. The van der Waals surface area contributed by atoms with Gasteiger partial charge in [0.05, 0.1) is 7.11 Å². The highest BCUT2D eigenvalue weighted by Crippen LogP contribution is 2.44. The molecule has 0 radical (unpaired) electrons. The van der Waals surface area contributed by atoms with Gasteiger partial charge in [-0.25, -0.2) is 4.79 Å². The van der Waals surface area contributed by atoms with Crippen LogP contribution in [-0.2, 0) is 21.7 Å². The number of hydrogen-bond donors (Lipinski definition) is 0. The molecule has 5 heteroatoms. The molecule has 5 nitrogen and oxygen atoms in total. The highest BCUT2D eigenvalue weighted by Gasteiger charge is 2.47. The van der Waals surface area contributed by atoms with Crippen LogP contribution < -0.4 is 9.47 Å². The molecule has 1 heterocycles. The maximum atomic E-state index is 13.5. The summed E-state index contributed by atoms with van der Waals surface area (Å²) in [7, 11) is 1.55. The van der Waals surface area contributed by atoms with Gasteiger partial charge in [0.15, 0.2) is 0 Å². The van der Waals surface area contributed by atoms with Gasteiger partial charge in [0, 0.05) is 30.0 Å². The van der Waals surface area contributed by atoms with E-state index in [1.165, 1.54) is 0 Å². The van der Waals surface area contributed by atoms with Crippen molar-refractivity contribution in [1.82, 2.24) is 0 Å². The van der Waals surface area contributed by atoms with Crippen LogP contribution in [0.2, 0.25) is 0 Å². The molecular weight excluding hydrogens is 416 g/mol. The average Bonchev–Trinajstić information content (AvgIpc) is 2.84. The third kappa shape index (κ3) is 4.63. The zero-order valence-corrected chi connectivity index (χ0v) is 19.0. The molecule has 0 saturated heterocycles. The fourth-order valence-corrected chi connectivity index (χ4v) is 4.16. The van der Waals surface area contributed by atoms with Crippen LogP contribution in [0.3, 0.4) is 0 Å². The number of esters is 1. The van der Waals surface area contributed by atoms with Crippen molar-refractivity contribution in [2.75, 3.05) is 7.11 Å². The predicted molar refractivity (Wildman–Crippen MR) is 126 cm³/mol. The minimum atomic E-state index is -1.44. The molecule has 0 fully saturated rings. The summed E-state index contributed by atoms with van der Waals surface area (Å²) in [4.78, 5) is 26.1. The number of carbonyl (C=O) groups is 2. The first-order valence-corrected chi connectivity index (χ1v) is 11.3. The van der Waals surface area contributed by atoms with E-state index in [2.05, 4.69) is 6.92 Å². The van der Waals surface area contributed by atoms with Gasteiger partial charge >= 0.3 is 11.8 Å². The van der Waals surface area contributed by atoms with E-state index < -0.39 is 11.8 Å². The second-order valence-corrected chi connectivity index (χ2v) is 8.17. The van der Waals surface area contributed by atoms with Gasteiger partial charge < -0.3 is 14.2 Å². The van der Waals surface area contributed by atoms with Crippen LogP contribution in [0.4, 0.5) is 0 Å². The van der Waals surface area contributed by atoms with E-state index in [9.17, 15) is 9.59 Å². The van der Waals surface area contributed by atoms with Gasteiger partial charge in [-0.2, -0.15) is 0 Å². The third-order valence-corrected chi connectivity index (χ3v) is 5.84. The molecule has 0 unspecified atom stereocenters. The molecule has 0 bridgehead atoms. The highest BCUT2D eigenvalue weighted by molar-refractivity contribution is 5.97.